The highest BCUT2D eigenvalue weighted by Gasteiger charge is 2.34. The Morgan fingerprint density at radius 3 is 2.70 bits per heavy atom. The fraction of sp³-hybridized carbons (Fsp3) is 0.222. The molecule has 116 valence electrons. The Hall–Kier alpha value is -2.84. The van der Waals surface area contributed by atoms with Crippen LogP contribution in [-0.4, -0.2) is 37.4 Å². The number of rotatable bonds is 3. The maximum absolute atomic E-state index is 11.8. The molecule has 0 saturated carbocycles. The third-order valence-corrected chi connectivity index (χ3v) is 3.44. The molecule has 5 heteroatoms. The third kappa shape index (κ3) is 3.50. The normalized spacial score (nSPS) is 16.7. The first kappa shape index (κ1) is 15.1. The Bertz CT molecular complexity index is 732. The van der Waals surface area contributed by atoms with E-state index in [2.05, 4.69) is 16.8 Å². The summed E-state index contributed by atoms with van der Waals surface area (Å²) in [6, 6.07) is 13.2. The van der Waals surface area contributed by atoms with Gasteiger partial charge in [-0.05, 0) is 24.3 Å². The van der Waals surface area contributed by atoms with Gasteiger partial charge in [-0.2, -0.15) is 0 Å². The summed E-state index contributed by atoms with van der Waals surface area (Å²) in [5, 5.41) is 0. The molecule has 2 aromatic rings. The minimum Gasteiger partial charge on any atom is -0.447 e. The number of benzene rings is 1. The lowest BCUT2D eigenvalue weighted by Gasteiger charge is -2.19. The molecule has 1 aliphatic heterocycles. The van der Waals surface area contributed by atoms with Crippen LogP contribution in [0.15, 0.2) is 48.7 Å². The molecule has 0 N–H and O–H groups in total. The monoisotopic (exact) mass is 308 g/mol. The number of hydrogen-bond donors (Lipinski definition) is 0. The number of methoxy groups -OCH3 is 1. The first-order chi connectivity index (χ1) is 11.3. The Morgan fingerprint density at radius 2 is 2.00 bits per heavy atom. The van der Waals surface area contributed by atoms with E-state index in [4.69, 9.17) is 9.47 Å². The zero-order chi connectivity index (χ0) is 16.1. The van der Waals surface area contributed by atoms with Crippen molar-refractivity contribution in [3.8, 4) is 11.8 Å². The smallest absolute Gasteiger partial charge is 0.416 e. The summed E-state index contributed by atoms with van der Waals surface area (Å²) in [4.78, 5) is 17.7. The van der Waals surface area contributed by atoms with Gasteiger partial charge >= 0.3 is 6.09 Å². The minimum atomic E-state index is -0.400. The fourth-order valence-electron chi connectivity index (χ4n) is 2.32. The number of amides is 1. The number of anilines is 1. The predicted molar refractivity (Wildman–Crippen MR) is 86.2 cm³/mol. The van der Waals surface area contributed by atoms with Crippen LogP contribution in [0, 0.1) is 11.8 Å². The van der Waals surface area contributed by atoms with Crippen LogP contribution in [0.4, 0.5) is 10.6 Å². The van der Waals surface area contributed by atoms with Crippen LogP contribution in [0.1, 0.15) is 11.1 Å². The molecule has 1 aromatic carbocycles. The van der Waals surface area contributed by atoms with E-state index in [1.54, 1.807) is 19.4 Å². The maximum atomic E-state index is 11.8. The molecule has 1 atom stereocenters. The molecule has 0 aliphatic carbocycles. The fourth-order valence-corrected chi connectivity index (χ4v) is 2.32. The van der Waals surface area contributed by atoms with Gasteiger partial charge in [-0.1, -0.05) is 30.0 Å². The van der Waals surface area contributed by atoms with Gasteiger partial charge in [-0.3, -0.25) is 4.90 Å². The van der Waals surface area contributed by atoms with Crippen molar-refractivity contribution in [3.63, 3.8) is 0 Å². The minimum absolute atomic E-state index is 0.152. The Balaban J connectivity index is 1.77. The van der Waals surface area contributed by atoms with E-state index in [-0.39, 0.29) is 6.04 Å². The van der Waals surface area contributed by atoms with Crippen molar-refractivity contribution in [2.24, 2.45) is 0 Å². The van der Waals surface area contributed by atoms with Crippen LogP contribution < -0.4 is 4.90 Å². The van der Waals surface area contributed by atoms with Crippen LogP contribution in [0.3, 0.4) is 0 Å². The number of nitrogens with zero attached hydrogens (tertiary/aromatic N) is 2. The summed E-state index contributed by atoms with van der Waals surface area (Å²) in [6.45, 7) is 0.715. The predicted octanol–water partition coefficient (Wildman–Crippen LogP) is 2.45. The highest BCUT2D eigenvalue weighted by atomic mass is 16.6. The van der Waals surface area contributed by atoms with E-state index in [1.807, 2.05) is 36.4 Å². The molecule has 2 heterocycles. The molecule has 1 aromatic heterocycles. The maximum Gasteiger partial charge on any atom is 0.416 e. The SMILES string of the molecule is COCC1COC(=O)N1c1ccc(C#Cc2ccccc2)cn1. The average molecular weight is 308 g/mol. The summed E-state index contributed by atoms with van der Waals surface area (Å²) >= 11 is 0. The van der Waals surface area contributed by atoms with Crippen LogP contribution >= 0.6 is 0 Å². The molecule has 0 bridgehead atoms. The molecule has 1 fully saturated rings. The first-order valence-corrected chi connectivity index (χ1v) is 7.26. The van der Waals surface area contributed by atoms with E-state index in [0.717, 1.165) is 11.1 Å². The van der Waals surface area contributed by atoms with Crippen molar-refractivity contribution < 1.29 is 14.3 Å². The van der Waals surface area contributed by atoms with Crippen molar-refractivity contribution >= 4 is 11.9 Å². The van der Waals surface area contributed by atoms with Crippen molar-refractivity contribution in [3.05, 3.63) is 59.8 Å². The Kier molecular flexibility index (Phi) is 4.55. The van der Waals surface area contributed by atoms with E-state index >= 15 is 0 Å². The molecule has 1 unspecified atom stereocenters. The molecule has 5 nitrogen and oxygen atoms in total. The summed E-state index contributed by atoms with van der Waals surface area (Å²) < 4.78 is 10.2. The van der Waals surface area contributed by atoms with Crippen molar-refractivity contribution in [1.29, 1.82) is 0 Å². The van der Waals surface area contributed by atoms with E-state index in [1.165, 1.54) is 4.90 Å². The largest absolute Gasteiger partial charge is 0.447 e. The van der Waals surface area contributed by atoms with Gasteiger partial charge < -0.3 is 9.47 Å². The number of pyridine rings is 1. The van der Waals surface area contributed by atoms with Gasteiger partial charge in [0.15, 0.2) is 0 Å². The zero-order valence-corrected chi connectivity index (χ0v) is 12.7. The molecule has 23 heavy (non-hydrogen) atoms. The average Bonchev–Trinajstić information content (AvgIpc) is 2.95. The summed E-state index contributed by atoms with van der Waals surface area (Å²) in [6.07, 6.45) is 1.25. The zero-order valence-electron chi connectivity index (χ0n) is 12.7. The lowest BCUT2D eigenvalue weighted by atomic mass is 10.2. The third-order valence-electron chi connectivity index (χ3n) is 3.44. The van der Waals surface area contributed by atoms with Crippen LogP contribution in [0.5, 0.6) is 0 Å². The van der Waals surface area contributed by atoms with Crippen molar-refractivity contribution in [1.82, 2.24) is 4.98 Å². The second-order valence-corrected chi connectivity index (χ2v) is 5.08. The molecule has 0 radical (unpaired) electrons. The van der Waals surface area contributed by atoms with Gasteiger partial charge in [0.05, 0.1) is 12.6 Å². The van der Waals surface area contributed by atoms with Gasteiger partial charge in [-0.15, -0.1) is 0 Å². The summed E-state index contributed by atoms with van der Waals surface area (Å²) in [7, 11) is 1.59. The Labute approximate surface area is 134 Å². The van der Waals surface area contributed by atoms with Gasteiger partial charge in [0.2, 0.25) is 0 Å². The number of ether oxygens (including phenoxy) is 2. The van der Waals surface area contributed by atoms with Gasteiger partial charge in [0.1, 0.15) is 12.4 Å². The number of hydrogen-bond acceptors (Lipinski definition) is 4. The molecule has 0 spiro atoms. The second-order valence-electron chi connectivity index (χ2n) is 5.08. The molecular formula is C18H16N2O3. The summed E-state index contributed by atoms with van der Waals surface area (Å²) in [5.41, 5.74) is 1.73. The Morgan fingerprint density at radius 1 is 1.22 bits per heavy atom. The van der Waals surface area contributed by atoms with Crippen molar-refractivity contribution in [2.75, 3.05) is 25.2 Å². The van der Waals surface area contributed by atoms with Gasteiger partial charge in [0, 0.05) is 24.4 Å². The molecule has 1 aliphatic rings. The number of carbonyl (C=O) groups is 1. The van der Waals surface area contributed by atoms with E-state index in [9.17, 15) is 4.79 Å². The van der Waals surface area contributed by atoms with Crippen molar-refractivity contribution in [2.45, 2.75) is 6.04 Å². The van der Waals surface area contributed by atoms with Gasteiger partial charge in [-0.25, -0.2) is 9.78 Å². The molecular weight excluding hydrogens is 292 g/mol. The molecule has 3 rings (SSSR count). The number of carbonyl (C=O) groups excluding carboxylic acids is 1. The highest BCUT2D eigenvalue weighted by molar-refractivity contribution is 5.89. The number of aromatic nitrogens is 1. The van der Waals surface area contributed by atoms with E-state index < -0.39 is 6.09 Å². The highest BCUT2D eigenvalue weighted by Crippen LogP contribution is 2.21. The summed E-state index contributed by atoms with van der Waals surface area (Å²) in [5.74, 6) is 6.67. The van der Waals surface area contributed by atoms with Crippen LogP contribution in [0.25, 0.3) is 0 Å². The lowest BCUT2D eigenvalue weighted by Crippen LogP contribution is -2.37. The van der Waals surface area contributed by atoms with Crippen LogP contribution in [0.2, 0.25) is 0 Å². The lowest BCUT2D eigenvalue weighted by molar-refractivity contribution is 0.156. The van der Waals surface area contributed by atoms with Gasteiger partial charge in [0.25, 0.3) is 0 Å². The topological polar surface area (TPSA) is 51.7 Å². The number of cyclic esters (lactones) is 1. The standard InChI is InChI=1S/C18H16N2O3/c1-22-12-16-13-23-18(21)20(16)17-10-9-15(11-19-17)8-7-14-5-3-2-4-6-14/h2-6,9-11,16H,12-13H2,1H3. The molecule has 1 saturated heterocycles. The van der Waals surface area contributed by atoms with E-state index in [0.29, 0.717) is 19.0 Å². The molecule has 1 amide bonds. The first-order valence-electron chi connectivity index (χ1n) is 7.26. The van der Waals surface area contributed by atoms with Crippen LogP contribution in [-0.2, 0) is 9.47 Å². The second kappa shape index (κ2) is 6.95. The quantitative estimate of drug-likeness (QED) is 0.817.